The Morgan fingerprint density at radius 3 is 2.38 bits per heavy atom. The molecule has 0 saturated heterocycles. The lowest BCUT2D eigenvalue weighted by molar-refractivity contribution is 0.582. The minimum atomic E-state index is -3.90. The van der Waals surface area contributed by atoms with Gasteiger partial charge in [0, 0.05) is 17.9 Å². The molecule has 0 fully saturated rings. The van der Waals surface area contributed by atoms with Crippen LogP contribution < -0.4 is 26.2 Å². The Morgan fingerprint density at radius 1 is 1.00 bits per heavy atom. The standard InChI is InChI=1S/C21H21FN8O4S3/c1-12-19(35-20(23)27-12)37(33,34)26-10-13-5-7-14(8-6-13)28-18-17(22)11-25-21(30-18)29-15-3-2-4-16(9-15)36(24,31)32/h2-9,11,26H,10H2,1H3,(H2,23,27)(H2,24,31,32)(H2,25,28,29,30). The number of aromatic nitrogens is 3. The fourth-order valence-corrected chi connectivity index (χ4v) is 6.05. The monoisotopic (exact) mass is 564 g/mol. The van der Waals surface area contributed by atoms with Crippen molar-refractivity contribution >= 4 is 59.7 Å². The topological polar surface area (TPSA) is 195 Å². The molecule has 0 radical (unpaired) electrons. The lowest BCUT2D eigenvalue weighted by atomic mass is 10.2. The summed E-state index contributed by atoms with van der Waals surface area (Å²) in [6.45, 7) is 1.59. The molecule has 0 saturated carbocycles. The molecule has 0 amide bonds. The highest BCUT2D eigenvalue weighted by Gasteiger charge is 2.21. The largest absolute Gasteiger partial charge is 0.375 e. The number of primary sulfonamides is 1. The number of rotatable bonds is 9. The fraction of sp³-hybridized carbons (Fsp3) is 0.0952. The van der Waals surface area contributed by atoms with Gasteiger partial charge in [0.15, 0.2) is 21.0 Å². The van der Waals surface area contributed by atoms with Gasteiger partial charge in [0.1, 0.15) is 0 Å². The van der Waals surface area contributed by atoms with E-state index in [1.165, 1.54) is 18.2 Å². The lowest BCUT2D eigenvalue weighted by Gasteiger charge is -2.11. The maximum absolute atomic E-state index is 14.3. The Balaban J connectivity index is 1.43. The van der Waals surface area contributed by atoms with Crippen LogP contribution in [0.5, 0.6) is 0 Å². The SMILES string of the molecule is Cc1nc(N)sc1S(=O)(=O)NCc1ccc(Nc2nc(Nc3cccc(S(N)(=O)=O)c3)ncc2F)cc1. The molecule has 0 bridgehead atoms. The third-order valence-corrected chi connectivity index (χ3v) is 8.77. The van der Waals surface area contributed by atoms with Crippen LogP contribution in [0.15, 0.2) is 63.8 Å². The van der Waals surface area contributed by atoms with Crippen LogP contribution in [0.2, 0.25) is 0 Å². The van der Waals surface area contributed by atoms with Gasteiger partial charge in [-0.15, -0.1) is 0 Å². The molecule has 7 N–H and O–H groups in total. The molecule has 0 atom stereocenters. The Morgan fingerprint density at radius 2 is 1.73 bits per heavy atom. The van der Waals surface area contributed by atoms with Crippen LogP contribution in [0.25, 0.3) is 0 Å². The molecule has 194 valence electrons. The summed E-state index contributed by atoms with van der Waals surface area (Å²) in [6.07, 6.45) is 0.957. The summed E-state index contributed by atoms with van der Waals surface area (Å²) in [5.74, 6) is -0.841. The first-order valence-corrected chi connectivity index (χ1v) is 14.3. The predicted molar refractivity (Wildman–Crippen MR) is 138 cm³/mol. The van der Waals surface area contributed by atoms with Gasteiger partial charge in [-0.25, -0.2) is 41.1 Å². The number of anilines is 5. The first-order chi connectivity index (χ1) is 17.4. The summed E-state index contributed by atoms with van der Waals surface area (Å²) in [6, 6.07) is 12.3. The second-order valence-corrected chi connectivity index (χ2v) is 12.2. The molecule has 12 nitrogen and oxygen atoms in total. The molecule has 37 heavy (non-hydrogen) atoms. The van der Waals surface area contributed by atoms with E-state index in [0.717, 1.165) is 17.5 Å². The van der Waals surface area contributed by atoms with Gasteiger partial charge in [0.25, 0.3) is 10.0 Å². The average molecular weight is 565 g/mol. The third-order valence-electron chi connectivity index (χ3n) is 4.86. The van der Waals surface area contributed by atoms with Gasteiger partial charge in [-0.3, -0.25) is 0 Å². The van der Waals surface area contributed by atoms with Crippen molar-refractivity contribution in [3.63, 3.8) is 0 Å². The molecule has 2 aromatic heterocycles. The minimum Gasteiger partial charge on any atom is -0.375 e. The van der Waals surface area contributed by atoms with Crippen molar-refractivity contribution in [2.24, 2.45) is 5.14 Å². The Kier molecular flexibility index (Phi) is 7.37. The number of benzene rings is 2. The average Bonchev–Trinajstić information content (AvgIpc) is 3.19. The van der Waals surface area contributed by atoms with Gasteiger partial charge < -0.3 is 16.4 Å². The second-order valence-electron chi connectivity index (χ2n) is 7.66. The number of aryl methyl sites for hydroxylation is 1. The van der Waals surface area contributed by atoms with Crippen molar-refractivity contribution in [3.05, 3.63) is 71.8 Å². The smallest absolute Gasteiger partial charge is 0.252 e. The second kappa shape index (κ2) is 10.3. The molecule has 16 heteroatoms. The zero-order valence-electron chi connectivity index (χ0n) is 19.1. The molecule has 0 unspecified atom stereocenters. The Hall–Kier alpha value is -3.70. The maximum Gasteiger partial charge on any atom is 0.252 e. The molecule has 4 aromatic rings. The molecule has 2 aromatic carbocycles. The quantitative estimate of drug-likeness (QED) is 0.202. The van der Waals surface area contributed by atoms with Gasteiger partial charge in [-0.1, -0.05) is 29.5 Å². The van der Waals surface area contributed by atoms with Crippen molar-refractivity contribution in [1.82, 2.24) is 19.7 Å². The zero-order valence-corrected chi connectivity index (χ0v) is 21.6. The first kappa shape index (κ1) is 26.4. The summed E-state index contributed by atoms with van der Waals surface area (Å²) >= 11 is 0.886. The summed E-state index contributed by atoms with van der Waals surface area (Å²) in [4.78, 5) is 11.8. The number of nitrogens with two attached hydrogens (primary N) is 2. The van der Waals surface area contributed by atoms with E-state index >= 15 is 0 Å². The van der Waals surface area contributed by atoms with E-state index in [1.54, 1.807) is 37.3 Å². The van der Waals surface area contributed by atoms with E-state index in [4.69, 9.17) is 10.9 Å². The van der Waals surface area contributed by atoms with Crippen LogP contribution in [0.4, 0.5) is 32.7 Å². The van der Waals surface area contributed by atoms with Crippen LogP contribution in [0.3, 0.4) is 0 Å². The minimum absolute atomic E-state index is 0.0143. The van der Waals surface area contributed by atoms with E-state index in [-0.39, 0.29) is 32.5 Å². The highest BCUT2D eigenvalue weighted by atomic mass is 32.2. The van der Waals surface area contributed by atoms with Gasteiger partial charge in [0.2, 0.25) is 16.0 Å². The number of hydrogen-bond donors (Lipinski definition) is 5. The summed E-state index contributed by atoms with van der Waals surface area (Å²) in [5.41, 5.74) is 7.39. The number of nitrogens with zero attached hydrogens (tertiary/aromatic N) is 3. The van der Waals surface area contributed by atoms with Gasteiger partial charge in [-0.2, -0.15) is 4.98 Å². The molecule has 0 aliphatic rings. The van der Waals surface area contributed by atoms with Crippen molar-refractivity contribution in [2.45, 2.75) is 22.6 Å². The molecular formula is C21H21FN8O4S3. The predicted octanol–water partition coefficient (Wildman–Crippen LogP) is 2.58. The van der Waals surface area contributed by atoms with Crippen LogP contribution in [0.1, 0.15) is 11.3 Å². The van der Waals surface area contributed by atoms with Gasteiger partial charge in [-0.05, 0) is 42.8 Å². The van der Waals surface area contributed by atoms with E-state index in [1.807, 2.05) is 0 Å². The Bertz CT molecular complexity index is 1660. The zero-order chi connectivity index (χ0) is 26.8. The molecule has 0 aliphatic heterocycles. The summed E-state index contributed by atoms with van der Waals surface area (Å²) in [5, 5.41) is 10.9. The van der Waals surface area contributed by atoms with Crippen molar-refractivity contribution in [3.8, 4) is 0 Å². The maximum atomic E-state index is 14.3. The van der Waals surface area contributed by atoms with Crippen LogP contribution in [-0.2, 0) is 26.6 Å². The highest BCUT2D eigenvalue weighted by Crippen LogP contribution is 2.25. The molecule has 4 rings (SSSR count). The van der Waals surface area contributed by atoms with E-state index in [0.29, 0.717) is 22.6 Å². The van der Waals surface area contributed by atoms with Crippen LogP contribution in [-0.4, -0.2) is 31.8 Å². The van der Waals surface area contributed by atoms with Crippen molar-refractivity contribution in [2.75, 3.05) is 16.4 Å². The number of hydrogen-bond acceptors (Lipinski definition) is 11. The molecule has 0 spiro atoms. The fourth-order valence-electron chi connectivity index (χ4n) is 3.13. The van der Waals surface area contributed by atoms with Gasteiger partial charge in [0.05, 0.1) is 16.8 Å². The Labute approximate surface area is 216 Å². The van der Waals surface area contributed by atoms with Crippen LogP contribution >= 0.6 is 11.3 Å². The normalized spacial score (nSPS) is 11.9. The van der Waals surface area contributed by atoms with Crippen molar-refractivity contribution in [1.29, 1.82) is 0 Å². The number of halogens is 1. The molecule has 0 aliphatic carbocycles. The number of sulfonamides is 2. The number of nitrogens with one attached hydrogen (secondary N) is 3. The van der Waals surface area contributed by atoms with E-state index < -0.39 is 25.9 Å². The summed E-state index contributed by atoms with van der Waals surface area (Å²) in [7, 11) is -7.68. The number of thiazole rings is 1. The van der Waals surface area contributed by atoms with E-state index in [2.05, 4.69) is 30.3 Å². The first-order valence-electron chi connectivity index (χ1n) is 10.4. The number of nitrogen functional groups attached to an aromatic ring is 1. The third kappa shape index (κ3) is 6.55. The lowest BCUT2D eigenvalue weighted by Crippen LogP contribution is -2.23. The van der Waals surface area contributed by atoms with Gasteiger partial charge >= 0.3 is 0 Å². The molecule has 2 heterocycles. The van der Waals surface area contributed by atoms with Crippen LogP contribution in [0, 0.1) is 12.7 Å². The highest BCUT2D eigenvalue weighted by molar-refractivity contribution is 7.91. The molecular weight excluding hydrogens is 543 g/mol. The van der Waals surface area contributed by atoms with E-state index in [9.17, 15) is 21.2 Å². The summed E-state index contributed by atoms with van der Waals surface area (Å²) < 4.78 is 65.0. The van der Waals surface area contributed by atoms with Crippen molar-refractivity contribution < 1.29 is 21.2 Å².